The molecule has 3 heterocycles. The minimum atomic E-state index is -0.137. The Balaban J connectivity index is 1.87. The van der Waals surface area contributed by atoms with Gasteiger partial charge in [0.05, 0.1) is 5.69 Å². The molecule has 0 aliphatic carbocycles. The number of carbonyl (C=O) groups excluding carboxylic acids is 1. The quantitative estimate of drug-likeness (QED) is 0.799. The number of aromatic nitrogens is 2. The first-order valence-electron chi connectivity index (χ1n) is 6.19. The number of thiophene rings is 1. The fourth-order valence-electron chi connectivity index (χ4n) is 1.95. The molecule has 3 aromatic rings. The molecule has 1 N–H and O–H groups in total. The lowest BCUT2D eigenvalue weighted by molar-refractivity contribution is 0.103. The molecule has 4 nitrogen and oxygen atoms in total. The molecule has 5 heteroatoms. The summed E-state index contributed by atoms with van der Waals surface area (Å²) in [5.74, 6) is 0.434. The highest BCUT2D eigenvalue weighted by Crippen LogP contribution is 2.22. The summed E-state index contributed by atoms with van der Waals surface area (Å²) in [6.45, 7) is 1.97. The summed E-state index contributed by atoms with van der Waals surface area (Å²) in [6, 6.07) is 9.54. The molecular formula is C15H13N3OS. The normalized spacial score (nSPS) is 10.4. The second-order valence-electron chi connectivity index (χ2n) is 4.40. The maximum Gasteiger partial charge on any atom is 0.269 e. The Kier molecular flexibility index (Phi) is 3.35. The number of carbonyl (C=O) groups is 1. The molecule has 0 aliphatic rings. The van der Waals surface area contributed by atoms with Crippen LogP contribution in [-0.4, -0.2) is 15.5 Å². The molecule has 20 heavy (non-hydrogen) atoms. The van der Waals surface area contributed by atoms with E-state index in [1.54, 1.807) is 6.20 Å². The van der Waals surface area contributed by atoms with Crippen molar-refractivity contribution in [1.29, 1.82) is 0 Å². The zero-order valence-electron chi connectivity index (χ0n) is 10.9. The van der Waals surface area contributed by atoms with Crippen LogP contribution in [0.15, 0.2) is 54.3 Å². The number of hydrogen-bond donors (Lipinski definition) is 1. The topological polar surface area (TPSA) is 46.9 Å². The van der Waals surface area contributed by atoms with Crippen LogP contribution in [0.3, 0.4) is 0 Å². The van der Waals surface area contributed by atoms with Crippen molar-refractivity contribution in [3.8, 4) is 5.69 Å². The van der Waals surface area contributed by atoms with Crippen LogP contribution in [0.2, 0.25) is 0 Å². The number of anilines is 1. The largest absolute Gasteiger partial charge is 0.322 e. The average Bonchev–Trinajstić information content (AvgIpc) is 3.09. The molecule has 3 rings (SSSR count). The highest BCUT2D eigenvalue weighted by Gasteiger charge is 2.14. The van der Waals surface area contributed by atoms with Crippen LogP contribution in [0.25, 0.3) is 5.69 Å². The van der Waals surface area contributed by atoms with Gasteiger partial charge in [-0.25, -0.2) is 4.98 Å². The van der Waals surface area contributed by atoms with Gasteiger partial charge < -0.3 is 9.88 Å². The van der Waals surface area contributed by atoms with Crippen molar-refractivity contribution in [2.24, 2.45) is 0 Å². The van der Waals surface area contributed by atoms with Crippen LogP contribution in [0.4, 0.5) is 5.82 Å². The van der Waals surface area contributed by atoms with Crippen molar-refractivity contribution in [2.45, 2.75) is 6.92 Å². The number of pyridine rings is 1. The Morgan fingerprint density at radius 3 is 2.85 bits per heavy atom. The Labute approximate surface area is 120 Å². The van der Waals surface area contributed by atoms with Crippen molar-refractivity contribution < 1.29 is 4.79 Å². The van der Waals surface area contributed by atoms with Gasteiger partial charge >= 0.3 is 0 Å². The third kappa shape index (κ3) is 2.48. The Hall–Kier alpha value is -2.40. The summed E-state index contributed by atoms with van der Waals surface area (Å²) in [5.41, 5.74) is 1.94. The maximum atomic E-state index is 12.3. The number of aryl methyl sites for hydroxylation is 1. The lowest BCUT2D eigenvalue weighted by Gasteiger charge is -2.06. The van der Waals surface area contributed by atoms with Crippen molar-refractivity contribution in [3.05, 3.63) is 64.7 Å². The van der Waals surface area contributed by atoms with E-state index < -0.39 is 0 Å². The predicted molar refractivity (Wildman–Crippen MR) is 80.6 cm³/mol. The standard InChI is InChI=1S/C15H13N3OS/c1-11-4-6-16-13(10-11)17-15(19)14-12(5-9-20-14)18-7-2-3-8-18/h2-10H,1H3,(H,16,17,19). The zero-order valence-corrected chi connectivity index (χ0v) is 11.7. The molecule has 0 unspecified atom stereocenters. The fourth-order valence-corrected chi connectivity index (χ4v) is 2.73. The summed E-state index contributed by atoms with van der Waals surface area (Å²) in [7, 11) is 0. The van der Waals surface area contributed by atoms with Crippen LogP contribution < -0.4 is 5.32 Å². The number of amides is 1. The third-order valence-electron chi connectivity index (χ3n) is 2.89. The van der Waals surface area contributed by atoms with E-state index in [1.807, 2.05) is 59.6 Å². The lowest BCUT2D eigenvalue weighted by Crippen LogP contribution is -2.13. The van der Waals surface area contributed by atoms with Gasteiger partial charge in [0, 0.05) is 18.6 Å². The molecule has 3 aromatic heterocycles. The monoisotopic (exact) mass is 283 g/mol. The first kappa shape index (κ1) is 12.6. The molecule has 0 bridgehead atoms. The molecule has 1 amide bonds. The fraction of sp³-hybridized carbons (Fsp3) is 0.0667. The van der Waals surface area contributed by atoms with Gasteiger partial charge in [0.1, 0.15) is 10.7 Å². The SMILES string of the molecule is Cc1ccnc(NC(=O)c2sccc2-n2cccc2)c1. The second-order valence-corrected chi connectivity index (χ2v) is 5.31. The van der Waals surface area contributed by atoms with Crippen LogP contribution in [-0.2, 0) is 0 Å². The Bertz CT molecular complexity index is 731. The average molecular weight is 283 g/mol. The first-order chi connectivity index (χ1) is 9.74. The number of nitrogens with one attached hydrogen (secondary N) is 1. The molecule has 0 spiro atoms. The van der Waals surface area contributed by atoms with E-state index >= 15 is 0 Å². The van der Waals surface area contributed by atoms with Crippen LogP contribution in [0.5, 0.6) is 0 Å². The van der Waals surface area contributed by atoms with Gasteiger partial charge in [-0.05, 0) is 48.2 Å². The van der Waals surface area contributed by atoms with Crippen molar-refractivity contribution >= 4 is 23.1 Å². The van der Waals surface area contributed by atoms with Crippen LogP contribution in [0, 0.1) is 6.92 Å². The second kappa shape index (κ2) is 5.30. The highest BCUT2D eigenvalue weighted by molar-refractivity contribution is 7.12. The molecule has 0 atom stereocenters. The zero-order chi connectivity index (χ0) is 13.9. The summed E-state index contributed by atoms with van der Waals surface area (Å²) in [5, 5.41) is 4.75. The summed E-state index contributed by atoms with van der Waals surface area (Å²) < 4.78 is 1.93. The molecule has 0 radical (unpaired) electrons. The number of rotatable bonds is 3. The molecule has 0 aromatic carbocycles. The molecular weight excluding hydrogens is 270 g/mol. The van der Waals surface area contributed by atoms with Gasteiger partial charge in [-0.1, -0.05) is 0 Å². The first-order valence-corrected chi connectivity index (χ1v) is 7.07. The van der Waals surface area contributed by atoms with E-state index in [-0.39, 0.29) is 5.91 Å². The van der Waals surface area contributed by atoms with E-state index in [2.05, 4.69) is 10.3 Å². The Morgan fingerprint density at radius 1 is 1.30 bits per heavy atom. The third-order valence-corrected chi connectivity index (χ3v) is 3.79. The van der Waals surface area contributed by atoms with E-state index in [9.17, 15) is 4.79 Å². The van der Waals surface area contributed by atoms with Gasteiger partial charge in [-0.15, -0.1) is 11.3 Å². The molecule has 0 saturated carbocycles. The minimum absolute atomic E-state index is 0.137. The molecule has 0 saturated heterocycles. The molecule has 0 aliphatic heterocycles. The van der Waals surface area contributed by atoms with E-state index in [1.165, 1.54) is 11.3 Å². The van der Waals surface area contributed by atoms with Gasteiger partial charge in [0.15, 0.2) is 0 Å². The van der Waals surface area contributed by atoms with Gasteiger partial charge in [0.2, 0.25) is 0 Å². The highest BCUT2D eigenvalue weighted by atomic mass is 32.1. The summed E-state index contributed by atoms with van der Waals surface area (Å²) >= 11 is 1.42. The van der Waals surface area contributed by atoms with E-state index in [0.29, 0.717) is 10.7 Å². The van der Waals surface area contributed by atoms with Crippen LogP contribution in [0.1, 0.15) is 15.2 Å². The van der Waals surface area contributed by atoms with Crippen molar-refractivity contribution in [3.63, 3.8) is 0 Å². The van der Waals surface area contributed by atoms with Crippen molar-refractivity contribution in [1.82, 2.24) is 9.55 Å². The summed E-state index contributed by atoms with van der Waals surface area (Å²) in [4.78, 5) is 17.2. The maximum absolute atomic E-state index is 12.3. The lowest BCUT2D eigenvalue weighted by atomic mass is 10.3. The van der Waals surface area contributed by atoms with Gasteiger partial charge in [-0.3, -0.25) is 4.79 Å². The predicted octanol–water partition coefficient (Wildman–Crippen LogP) is 3.49. The van der Waals surface area contributed by atoms with Crippen LogP contribution >= 0.6 is 11.3 Å². The van der Waals surface area contributed by atoms with Gasteiger partial charge in [0.25, 0.3) is 5.91 Å². The van der Waals surface area contributed by atoms with Gasteiger partial charge in [-0.2, -0.15) is 0 Å². The minimum Gasteiger partial charge on any atom is -0.322 e. The molecule has 0 fully saturated rings. The number of nitrogens with zero attached hydrogens (tertiary/aromatic N) is 2. The smallest absolute Gasteiger partial charge is 0.269 e. The Morgan fingerprint density at radius 2 is 2.10 bits per heavy atom. The summed E-state index contributed by atoms with van der Waals surface area (Å²) in [6.07, 6.45) is 5.53. The number of hydrogen-bond acceptors (Lipinski definition) is 3. The van der Waals surface area contributed by atoms with E-state index in [0.717, 1.165) is 11.3 Å². The molecule has 100 valence electrons. The van der Waals surface area contributed by atoms with Crippen molar-refractivity contribution in [2.75, 3.05) is 5.32 Å². The van der Waals surface area contributed by atoms with E-state index in [4.69, 9.17) is 0 Å².